The highest BCUT2D eigenvalue weighted by atomic mass is 32.2. The lowest BCUT2D eigenvalue weighted by atomic mass is 10.1. The van der Waals surface area contributed by atoms with Gasteiger partial charge in [0.25, 0.3) is 11.8 Å². The first kappa shape index (κ1) is 17.1. The molecule has 1 aromatic carbocycles. The number of ether oxygens (including phenoxy) is 1. The van der Waals surface area contributed by atoms with Crippen molar-refractivity contribution in [1.29, 1.82) is 0 Å². The molecule has 0 spiro atoms. The SMILES string of the molecule is CC1CN(S(=O)(=O)c2ccc3c(c2)C(=O)N(C)C3=O)CC(C)(C)O1. The number of hydrogen-bond acceptors (Lipinski definition) is 5. The van der Waals surface area contributed by atoms with Gasteiger partial charge in [-0.05, 0) is 39.0 Å². The molecule has 2 heterocycles. The molecular formula is C16H20N2O5S. The van der Waals surface area contributed by atoms with Crippen molar-refractivity contribution in [2.45, 2.75) is 37.4 Å². The summed E-state index contributed by atoms with van der Waals surface area (Å²) >= 11 is 0. The van der Waals surface area contributed by atoms with Crippen LogP contribution in [-0.2, 0) is 14.8 Å². The smallest absolute Gasteiger partial charge is 0.261 e. The summed E-state index contributed by atoms with van der Waals surface area (Å²) in [5.74, 6) is -0.900. The van der Waals surface area contributed by atoms with Crippen LogP contribution in [0.1, 0.15) is 41.5 Å². The van der Waals surface area contributed by atoms with Gasteiger partial charge in [0.05, 0.1) is 27.7 Å². The Hall–Kier alpha value is -1.77. The first-order chi connectivity index (χ1) is 11.0. The zero-order valence-corrected chi connectivity index (χ0v) is 14.9. The van der Waals surface area contributed by atoms with E-state index in [1.165, 1.54) is 29.6 Å². The summed E-state index contributed by atoms with van der Waals surface area (Å²) in [6, 6.07) is 4.08. The van der Waals surface area contributed by atoms with Crippen LogP contribution >= 0.6 is 0 Å². The minimum Gasteiger partial charge on any atom is -0.370 e. The number of carbonyl (C=O) groups is 2. The number of amides is 2. The van der Waals surface area contributed by atoms with E-state index in [-0.39, 0.29) is 35.2 Å². The Morgan fingerprint density at radius 3 is 2.42 bits per heavy atom. The number of sulfonamides is 1. The summed E-state index contributed by atoms with van der Waals surface area (Å²) < 4.78 is 33.0. The first-order valence-corrected chi connectivity index (χ1v) is 9.11. The monoisotopic (exact) mass is 352 g/mol. The van der Waals surface area contributed by atoms with Gasteiger partial charge in [-0.3, -0.25) is 14.5 Å². The van der Waals surface area contributed by atoms with Gasteiger partial charge in [0.15, 0.2) is 0 Å². The maximum absolute atomic E-state index is 13.0. The Bertz CT molecular complexity index is 831. The normalized spacial score (nSPS) is 24.3. The van der Waals surface area contributed by atoms with Gasteiger partial charge in [-0.15, -0.1) is 0 Å². The van der Waals surface area contributed by atoms with Crippen LogP contribution in [0.5, 0.6) is 0 Å². The van der Waals surface area contributed by atoms with E-state index in [1.807, 2.05) is 20.8 Å². The van der Waals surface area contributed by atoms with Crippen LogP contribution in [0, 0.1) is 0 Å². The van der Waals surface area contributed by atoms with Gasteiger partial charge >= 0.3 is 0 Å². The average Bonchev–Trinajstić information content (AvgIpc) is 2.70. The van der Waals surface area contributed by atoms with Crippen LogP contribution in [0.25, 0.3) is 0 Å². The maximum Gasteiger partial charge on any atom is 0.261 e. The number of morpholine rings is 1. The number of carbonyl (C=O) groups excluding carboxylic acids is 2. The molecule has 0 bridgehead atoms. The van der Waals surface area contributed by atoms with Crippen LogP contribution in [0.2, 0.25) is 0 Å². The van der Waals surface area contributed by atoms with Crippen LogP contribution in [0.15, 0.2) is 23.1 Å². The molecular weight excluding hydrogens is 332 g/mol. The van der Waals surface area contributed by atoms with E-state index in [4.69, 9.17) is 4.74 Å². The van der Waals surface area contributed by atoms with Crippen molar-refractivity contribution in [2.24, 2.45) is 0 Å². The van der Waals surface area contributed by atoms with E-state index in [1.54, 1.807) is 0 Å². The predicted octanol–water partition coefficient (Wildman–Crippen LogP) is 1.10. The second-order valence-corrected chi connectivity index (χ2v) is 8.80. The van der Waals surface area contributed by atoms with Gasteiger partial charge in [-0.2, -0.15) is 4.31 Å². The molecule has 1 atom stereocenters. The molecule has 0 aromatic heterocycles. The van der Waals surface area contributed by atoms with E-state index < -0.39 is 27.4 Å². The van der Waals surface area contributed by atoms with Crippen molar-refractivity contribution in [3.8, 4) is 0 Å². The van der Waals surface area contributed by atoms with E-state index in [0.717, 1.165) is 4.90 Å². The van der Waals surface area contributed by atoms with Gasteiger partial charge in [0, 0.05) is 20.1 Å². The number of fused-ring (bicyclic) bond motifs is 1. The summed E-state index contributed by atoms with van der Waals surface area (Å²) in [4.78, 5) is 25.0. The lowest BCUT2D eigenvalue weighted by molar-refractivity contribution is -0.109. The topological polar surface area (TPSA) is 84.0 Å². The van der Waals surface area contributed by atoms with E-state index in [9.17, 15) is 18.0 Å². The first-order valence-electron chi connectivity index (χ1n) is 7.67. The quantitative estimate of drug-likeness (QED) is 0.744. The molecule has 130 valence electrons. The number of nitrogens with zero attached hydrogens (tertiary/aromatic N) is 2. The molecule has 2 amide bonds. The Kier molecular flexibility index (Phi) is 3.82. The van der Waals surface area contributed by atoms with Crippen LogP contribution < -0.4 is 0 Å². The predicted molar refractivity (Wildman–Crippen MR) is 86.3 cm³/mol. The third-order valence-corrected chi connectivity index (χ3v) is 6.04. The van der Waals surface area contributed by atoms with E-state index in [2.05, 4.69) is 0 Å². The molecule has 2 aliphatic rings. The fourth-order valence-corrected chi connectivity index (χ4v) is 4.92. The molecule has 1 aromatic rings. The van der Waals surface area contributed by atoms with Crippen LogP contribution in [-0.4, -0.2) is 61.3 Å². The molecule has 0 aliphatic carbocycles. The van der Waals surface area contributed by atoms with Crippen molar-refractivity contribution in [3.63, 3.8) is 0 Å². The number of benzene rings is 1. The highest BCUT2D eigenvalue weighted by Gasteiger charge is 2.39. The van der Waals surface area contributed by atoms with E-state index >= 15 is 0 Å². The molecule has 1 unspecified atom stereocenters. The summed E-state index contributed by atoms with van der Waals surface area (Å²) in [5.41, 5.74) is -0.228. The van der Waals surface area contributed by atoms with Crippen molar-refractivity contribution in [1.82, 2.24) is 9.21 Å². The highest BCUT2D eigenvalue weighted by molar-refractivity contribution is 7.89. The zero-order chi connectivity index (χ0) is 17.9. The summed E-state index contributed by atoms with van der Waals surface area (Å²) in [7, 11) is -2.39. The minimum atomic E-state index is -3.77. The Balaban J connectivity index is 2.00. The van der Waals surface area contributed by atoms with Crippen molar-refractivity contribution < 1.29 is 22.7 Å². The Morgan fingerprint density at radius 1 is 1.17 bits per heavy atom. The molecule has 0 saturated carbocycles. The largest absolute Gasteiger partial charge is 0.370 e. The molecule has 3 rings (SSSR count). The van der Waals surface area contributed by atoms with Crippen molar-refractivity contribution in [3.05, 3.63) is 29.3 Å². The molecule has 0 N–H and O–H groups in total. The second-order valence-electron chi connectivity index (χ2n) is 6.86. The van der Waals surface area contributed by atoms with Crippen LogP contribution in [0.4, 0.5) is 0 Å². The lowest BCUT2D eigenvalue weighted by Gasteiger charge is -2.40. The fourth-order valence-electron chi connectivity index (χ4n) is 3.23. The standard InChI is InChI=1S/C16H20N2O5S/c1-10-8-18(9-16(2,3)23-10)24(21,22)11-5-6-12-13(7-11)15(20)17(4)14(12)19/h5-7,10H,8-9H2,1-4H3. The Labute approximate surface area is 141 Å². The third-order valence-electron chi connectivity index (χ3n) is 4.24. The van der Waals surface area contributed by atoms with Gasteiger partial charge < -0.3 is 4.74 Å². The summed E-state index contributed by atoms with van der Waals surface area (Å²) in [5, 5.41) is 0. The van der Waals surface area contributed by atoms with Gasteiger partial charge in [0.2, 0.25) is 10.0 Å². The van der Waals surface area contributed by atoms with Crippen LogP contribution in [0.3, 0.4) is 0 Å². The number of rotatable bonds is 2. The molecule has 7 nitrogen and oxygen atoms in total. The molecule has 2 aliphatic heterocycles. The number of imide groups is 1. The Morgan fingerprint density at radius 2 is 1.79 bits per heavy atom. The summed E-state index contributed by atoms with van der Waals surface area (Å²) in [6.07, 6.45) is -0.229. The van der Waals surface area contributed by atoms with Gasteiger partial charge in [0.1, 0.15) is 0 Å². The zero-order valence-electron chi connectivity index (χ0n) is 14.1. The minimum absolute atomic E-state index is 0.0163. The van der Waals surface area contributed by atoms with Crippen molar-refractivity contribution in [2.75, 3.05) is 20.1 Å². The second kappa shape index (κ2) is 5.37. The van der Waals surface area contributed by atoms with E-state index in [0.29, 0.717) is 0 Å². The third kappa shape index (κ3) is 2.64. The molecule has 0 radical (unpaired) electrons. The molecule has 1 saturated heterocycles. The lowest BCUT2D eigenvalue weighted by Crippen LogP contribution is -2.53. The van der Waals surface area contributed by atoms with Gasteiger partial charge in [-0.25, -0.2) is 8.42 Å². The molecule has 24 heavy (non-hydrogen) atoms. The average molecular weight is 352 g/mol. The fraction of sp³-hybridized carbons (Fsp3) is 0.500. The molecule has 8 heteroatoms. The maximum atomic E-state index is 13.0. The number of hydrogen-bond donors (Lipinski definition) is 0. The van der Waals surface area contributed by atoms with Gasteiger partial charge in [-0.1, -0.05) is 0 Å². The summed E-state index contributed by atoms with van der Waals surface area (Å²) in [6.45, 7) is 5.97. The highest BCUT2D eigenvalue weighted by Crippen LogP contribution is 2.29. The molecule has 1 fully saturated rings. The van der Waals surface area contributed by atoms with Crippen molar-refractivity contribution >= 4 is 21.8 Å².